The summed E-state index contributed by atoms with van der Waals surface area (Å²) in [5.74, 6) is -1.52. The molecule has 198 valence electrons. The molecule has 0 amide bonds. The Balaban J connectivity index is 1.89. The maximum absolute atomic E-state index is 15.2. The zero-order valence-electron chi connectivity index (χ0n) is 21.3. The minimum absolute atomic E-state index is 0.0241. The molecule has 3 aromatic rings. The summed E-state index contributed by atoms with van der Waals surface area (Å²) in [6.07, 6.45) is 4.65. The Hall–Kier alpha value is -3.10. The van der Waals surface area contributed by atoms with Crippen molar-refractivity contribution in [2.24, 2.45) is 5.92 Å². The molecule has 9 heteroatoms. The molecular formula is C28H32ClFN2O5. The summed E-state index contributed by atoms with van der Waals surface area (Å²) in [6, 6.07) is 6.17. The average Bonchev–Trinajstić information content (AvgIpc) is 2.88. The van der Waals surface area contributed by atoms with Crippen LogP contribution in [-0.4, -0.2) is 47.6 Å². The number of ether oxygens (including phenoxy) is 1. The number of methoxy groups -OCH3 is 1. The number of anilines is 1. The van der Waals surface area contributed by atoms with Crippen LogP contribution >= 0.6 is 11.6 Å². The zero-order chi connectivity index (χ0) is 26.9. The van der Waals surface area contributed by atoms with Crippen LogP contribution in [0.3, 0.4) is 0 Å². The van der Waals surface area contributed by atoms with Crippen LogP contribution in [0, 0.1) is 11.7 Å². The molecule has 2 N–H and O–H groups in total. The number of benzene rings is 2. The third-order valence-corrected chi connectivity index (χ3v) is 7.44. The molecule has 0 unspecified atom stereocenters. The predicted octanol–water partition coefficient (Wildman–Crippen LogP) is 5.27. The average molecular weight is 531 g/mol. The van der Waals surface area contributed by atoms with Gasteiger partial charge in [0.05, 0.1) is 30.3 Å². The molecule has 37 heavy (non-hydrogen) atoms. The Morgan fingerprint density at radius 3 is 2.43 bits per heavy atom. The summed E-state index contributed by atoms with van der Waals surface area (Å²) >= 11 is 6.28. The molecule has 0 radical (unpaired) electrons. The number of carboxylic acid groups (broad SMARTS) is 1. The first-order valence-electron chi connectivity index (χ1n) is 12.5. The summed E-state index contributed by atoms with van der Waals surface area (Å²) < 4.78 is 22.4. The second kappa shape index (κ2) is 11.1. The quantitative estimate of drug-likeness (QED) is 0.412. The van der Waals surface area contributed by atoms with Crippen LogP contribution in [0.15, 0.2) is 35.3 Å². The van der Waals surface area contributed by atoms with E-state index in [2.05, 4.69) is 4.90 Å². The number of fused-ring (bicyclic) bond motifs is 1. The number of pyridine rings is 1. The van der Waals surface area contributed by atoms with Crippen molar-refractivity contribution in [1.29, 1.82) is 0 Å². The number of rotatable bonds is 8. The molecule has 2 heterocycles. The molecule has 0 spiro atoms. The Labute approximate surface area is 220 Å². The molecule has 7 nitrogen and oxygen atoms in total. The van der Waals surface area contributed by atoms with Gasteiger partial charge >= 0.3 is 5.97 Å². The van der Waals surface area contributed by atoms with Gasteiger partial charge in [-0.3, -0.25) is 4.79 Å². The smallest absolute Gasteiger partial charge is 0.341 e. The number of piperidine rings is 1. The zero-order valence-corrected chi connectivity index (χ0v) is 22.0. The summed E-state index contributed by atoms with van der Waals surface area (Å²) in [7, 11) is 1.48. The minimum atomic E-state index is -1.36. The Bertz CT molecular complexity index is 1380. The van der Waals surface area contributed by atoms with Crippen molar-refractivity contribution in [3.63, 3.8) is 0 Å². The largest absolute Gasteiger partial charge is 0.496 e. The molecular weight excluding hydrogens is 499 g/mol. The monoisotopic (exact) mass is 530 g/mol. The lowest BCUT2D eigenvalue weighted by Crippen LogP contribution is -2.29. The van der Waals surface area contributed by atoms with E-state index in [1.165, 1.54) is 13.3 Å². The molecule has 1 aliphatic heterocycles. The van der Waals surface area contributed by atoms with E-state index >= 15 is 4.39 Å². The van der Waals surface area contributed by atoms with Gasteiger partial charge in [0, 0.05) is 42.8 Å². The topological polar surface area (TPSA) is 92.0 Å². The van der Waals surface area contributed by atoms with Crippen LogP contribution in [0.5, 0.6) is 5.75 Å². The molecule has 1 aliphatic rings. The highest BCUT2D eigenvalue weighted by atomic mass is 35.5. The van der Waals surface area contributed by atoms with E-state index in [0.717, 1.165) is 38.0 Å². The van der Waals surface area contributed by atoms with Crippen molar-refractivity contribution in [1.82, 2.24) is 4.57 Å². The molecule has 0 saturated carbocycles. The maximum Gasteiger partial charge on any atom is 0.341 e. The Kier molecular flexibility index (Phi) is 8.09. The van der Waals surface area contributed by atoms with Gasteiger partial charge in [-0.1, -0.05) is 25.4 Å². The van der Waals surface area contributed by atoms with Crippen molar-refractivity contribution in [3.8, 4) is 5.75 Å². The molecule has 1 atom stereocenters. The Morgan fingerprint density at radius 2 is 1.84 bits per heavy atom. The van der Waals surface area contributed by atoms with Crippen LogP contribution in [0.25, 0.3) is 10.9 Å². The number of aromatic carboxylic acids is 1. The van der Waals surface area contributed by atoms with Crippen LogP contribution in [0.2, 0.25) is 5.02 Å². The van der Waals surface area contributed by atoms with E-state index in [4.69, 9.17) is 16.3 Å². The van der Waals surface area contributed by atoms with E-state index in [0.29, 0.717) is 22.4 Å². The van der Waals surface area contributed by atoms with Gasteiger partial charge in [-0.15, -0.1) is 0 Å². The highest BCUT2D eigenvalue weighted by molar-refractivity contribution is 6.31. The SMILES string of the molecule is COc1cc2c(cc1Cc1cc(N3CCCCC3)cc(Cl)c1F)c(=O)c(C(=O)O)cn2[C@H](CO)C(C)C. The first-order chi connectivity index (χ1) is 17.7. The lowest BCUT2D eigenvalue weighted by molar-refractivity contribution is 0.0694. The number of hydrogen-bond acceptors (Lipinski definition) is 5. The first-order valence-corrected chi connectivity index (χ1v) is 12.9. The van der Waals surface area contributed by atoms with Crippen LogP contribution < -0.4 is 15.1 Å². The molecule has 1 aromatic heterocycles. The molecule has 0 aliphatic carbocycles. The number of carboxylic acids is 1. The minimum Gasteiger partial charge on any atom is -0.496 e. The van der Waals surface area contributed by atoms with Crippen molar-refractivity contribution in [2.75, 3.05) is 31.7 Å². The third-order valence-electron chi connectivity index (χ3n) is 7.17. The Morgan fingerprint density at radius 1 is 1.14 bits per heavy atom. The van der Waals surface area contributed by atoms with Gasteiger partial charge in [-0.2, -0.15) is 0 Å². The third kappa shape index (κ3) is 5.31. The number of carbonyl (C=O) groups is 1. The lowest BCUT2D eigenvalue weighted by Gasteiger charge is -2.29. The van der Waals surface area contributed by atoms with Crippen molar-refractivity contribution in [2.45, 2.75) is 45.6 Å². The standard InChI is InChI=1S/C28H32ClFN2O5/c1-16(2)24(15-33)32-14-21(28(35)36)27(34)20-11-17(25(37-3)13-23(20)32)9-18-10-19(12-22(29)26(18)30)31-7-5-4-6-8-31/h10-14,16,24,33H,4-9,15H2,1-3H3,(H,35,36)/t24-/m1/s1. The number of hydrogen-bond donors (Lipinski definition) is 2. The number of aliphatic hydroxyl groups excluding tert-OH is 1. The summed E-state index contributed by atoms with van der Waals surface area (Å²) in [4.78, 5) is 27.3. The van der Waals surface area contributed by atoms with Gasteiger partial charge in [0.1, 0.15) is 17.1 Å². The highest BCUT2D eigenvalue weighted by Gasteiger charge is 2.23. The fourth-order valence-electron chi connectivity index (χ4n) is 5.10. The number of aliphatic hydroxyl groups is 1. The summed E-state index contributed by atoms with van der Waals surface area (Å²) in [5, 5.41) is 19.9. The van der Waals surface area contributed by atoms with Crippen LogP contribution in [-0.2, 0) is 6.42 Å². The van der Waals surface area contributed by atoms with Crippen molar-refractivity contribution in [3.05, 3.63) is 68.2 Å². The van der Waals surface area contributed by atoms with Gasteiger partial charge in [0.15, 0.2) is 0 Å². The van der Waals surface area contributed by atoms with Gasteiger partial charge in [0.25, 0.3) is 0 Å². The summed E-state index contributed by atoms with van der Waals surface area (Å²) in [6.45, 7) is 5.31. The molecule has 1 saturated heterocycles. The van der Waals surface area contributed by atoms with Crippen LogP contribution in [0.4, 0.5) is 10.1 Å². The van der Waals surface area contributed by atoms with E-state index in [9.17, 15) is 19.8 Å². The van der Waals surface area contributed by atoms with E-state index in [1.54, 1.807) is 28.8 Å². The maximum atomic E-state index is 15.2. The molecule has 2 aromatic carbocycles. The van der Waals surface area contributed by atoms with Gasteiger partial charge in [-0.05, 0) is 54.5 Å². The van der Waals surface area contributed by atoms with Gasteiger partial charge < -0.3 is 24.4 Å². The fraction of sp³-hybridized carbons (Fsp3) is 0.429. The lowest BCUT2D eigenvalue weighted by atomic mass is 9.98. The normalized spacial score (nSPS) is 14.8. The number of halogens is 2. The molecule has 0 bridgehead atoms. The fourth-order valence-corrected chi connectivity index (χ4v) is 5.33. The molecule has 1 fully saturated rings. The van der Waals surface area contributed by atoms with Crippen molar-refractivity contribution >= 4 is 34.2 Å². The second-order valence-electron chi connectivity index (χ2n) is 9.88. The van der Waals surface area contributed by atoms with E-state index in [1.807, 2.05) is 13.8 Å². The first kappa shape index (κ1) is 26.9. The highest BCUT2D eigenvalue weighted by Crippen LogP contribution is 2.34. The van der Waals surface area contributed by atoms with E-state index < -0.39 is 28.8 Å². The number of aromatic nitrogens is 1. The van der Waals surface area contributed by atoms with Gasteiger partial charge in [-0.25, -0.2) is 9.18 Å². The molecule has 4 rings (SSSR count). The van der Waals surface area contributed by atoms with Gasteiger partial charge in [0.2, 0.25) is 5.43 Å². The number of nitrogens with zero attached hydrogens (tertiary/aromatic N) is 2. The second-order valence-corrected chi connectivity index (χ2v) is 10.3. The van der Waals surface area contributed by atoms with Crippen LogP contribution in [0.1, 0.15) is 60.6 Å². The van der Waals surface area contributed by atoms with E-state index in [-0.39, 0.29) is 29.4 Å². The summed E-state index contributed by atoms with van der Waals surface area (Å²) in [5.41, 5.74) is 1.11. The van der Waals surface area contributed by atoms with Crippen molar-refractivity contribution < 1.29 is 24.1 Å². The predicted molar refractivity (Wildman–Crippen MR) is 143 cm³/mol.